The Balaban J connectivity index is 1.59. The lowest BCUT2D eigenvalue weighted by Crippen LogP contribution is -2.24. The monoisotopic (exact) mass is 472 g/mol. The molecule has 2 aromatic heterocycles. The van der Waals surface area contributed by atoms with Gasteiger partial charge in [0.15, 0.2) is 0 Å². The highest BCUT2D eigenvalue weighted by atomic mass is 19.4. The van der Waals surface area contributed by atoms with Gasteiger partial charge in [-0.1, -0.05) is 60.2 Å². The zero-order chi connectivity index (χ0) is 24.7. The largest absolute Gasteiger partial charge is 0.416 e. The van der Waals surface area contributed by atoms with Crippen molar-refractivity contribution in [1.82, 2.24) is 9.55 Å². The van der Waals surface area contributed by atoms with Crippen LogP contribution in [0.15, 0.2) is 89.9 Å². The first-order valence-electron chi connectivity index (χ1n) is 11.3. The molecule has 0 spiro atoms. The van der Waals surface area contributed by atoms with E-state index in [-0.39, 0.29) is 12.2 Å². The van der Waals surface area contributed by atoms with Crippen molar-refractivity contribution in [2.75, 3.05) is 0 Å². The normalized spacial score (nSPS) is 11.8. The zero-order valence-electron chi connectivity index (χ0n) is 19.3. The maximum absolute atomic E-state index is 13.6. The summed E-state index contributed by atoms with van der Waals surface area (Å²) in [6, 6.07) is 22.9. The van der Waals surface area contributed by atoms with E-state index in [9.17, 15) is 18.0 Å². The first kappa shape index (κ1) is 22.7. The Morgan fingerprint density at radius 3 is 2.23 bits per heavy atom. The average Bonchev–Trinajstić information content (AvgIpc) is 3.29. The number of hydrogen-bond donors (Lipinski definition) is 1. The van der Waals surface area contributed by atoms with E-state index in [0.29, 0.717) is 11.6 Å². The number of aromatic nitrogens is 2. The van der Waals surface area contributed by atoms with E-state index in [1.54, 1.807) is 12.1 Å². The zero-order valence-corrected chi connectivity index (χ0v) is 19.3. The lowest BCUT2D eigenvalue weighted by atomic mass is 10.0. The van der Waals surface area contributed by atoms with Crippen LogP contribution in [0.3, 0.4) is 0 Å². The van der Waals surface area contributed by atoms with Crippen molar-refractivity contribution in [2.24, 2.45) is 0 Å². The predicted octanol–water partition coefficient (Wildman–Crippen LogP) is 7.35. The van der Waals surface area contributed by atoms with Gasteiger partial charge in [0.25, 0.3) is 5.56 Å². The first-order chi connectivity index (χ1) is 16.7. The molecule has 0 fully saturated rings. The number of hydrogen-bond acceptors (Lipinski definition) is 1. The number of halogens is 3. The summed E-state index contributed by atoms with van der Waals surface area (Å²) < 4.78 is 42.1. The van der Waals surface area contributed by atoms with E-state index in [0.717, 1.165) is 44.8 Å². The number of nitrogens with zero attached hydrogens (tertiary/aromatic N) is 1. The van der Waals surface area contributed by atoms with Crippen LogP contribution in [0.25, 0.3) is 33.3 Å². The van der Waals surface area contributed by atoms with Crippen LogP contribution in [0.1, 0.15) is 22.3 Å². The molecule has 0 unspecified atom stereocenters. The maximum atomic E-state index is 13.6. The van der Waals surface area contributed by atoms with Gasteiger partial charge in [0, 0.05) is 17.8 Å². The van der Waals surface area contributed by atoms with Crippen molar-refractivity contribution in [3.8, 4) is 22.4 Å². The van der Waals surface area contributed by atoms with Crippen LogP contribution in [0.5, 0.6) is 0 Å². The number of aryl methyl sites for hydroxylation is 2. The van der Waals surface area contributed by atoms with Crippen molar-refractivity contribution in [1.29, 1.82) is 0 Å². The molecule has 0 radical (unpaired) electrons. The Morgan fingerprint density at radius 2 is 1.51 bits per heavy atom. The van der Waals surface area contributed by atoms with Gasteiger partial charge in [-0.3, -0.25) is 4.79 Å². The lowest BCUT2D eigenvalue weighted by Gasteiger charge is -2.18. The highest BCUT2D eigenvalue weighted by molar-refractivity contribution is 5.85. The predicted molar refractivity (Wildman–Crippen MR) is 133 cm³/mol. The van der Waals surface area contributed by atoms with Crippen LogP contribution in [-0.4, -0.2) is 9.55 Å². The molecule has 0 aliphatic carbocycles. The SMILES string of the molecule is Cc1ccc(Cn2c(-c3ccc(-c4ccc5cc[nH]c5c4)cc3)cc(C(F)(F)F)cc2=O)c(C)c1. The topological polar surface area (TPSA) is 37.8 Å². The van der Waals surface area contributed by atoms with Crippen LogP contribution in [0.2, 0.25) is 0 Å². The smallest absolute Gasteiger partial charge is 0.361 e. The van der Waals surface area contributed by atoms with Crippen LogP contribution in [0.4, 0.5) is 13.2 Å². The van der Waals surface area contributed by atoms with Gasteiger partial charge in [-0.15, -0.1) is 0 Å². The fourth-order valence-electron chi connectivity index (χ4n) is 4.42. The second-order valence-electron chi connectivity index (χ2n) is 8.84. The molecule has 0 aliphatic rings. The maximum Gasteiger partial charge on any atom is 0.416 e. The summed E-state index contributed by atoms with van der Waals surface area (Å²) in [5.41, 5.74) is 5.02. The minimum Gasteiger partial charge on any atom is -0.361 e. The summed E-state index contributed by atoms with van der Waals surface area (Å²) >= 11 is 0. The van der Waals surface area contributed by atoms with Gasteiger partial charge in [0.2, 0.25) is 0 Å². The van der Waals surface area contributed by atoms with E-state index < -0.39 is 17.3 Å². The van der Waals surface area contributed by atoms with E-state index in [1.165, 1.54) is 4.57 Å². The number of aromatic amines is 1. The van der Waals surface area contributed by atoms with Gasteiger partial charge in [-0.2, -0.15) is 13.2 Å². The van der Waals surface area contributed by atoms with Crippen LogP contribution in [-0.2, 0) is 12.7 Å². The van der Waals surface area contributed by atoms with Gasteiger partial charge in [0.05, 0.1) is 17.8 Å². The summed E-state index contributed by atoms with van der Waals surface area (Å²) in [6.45, 7) is 4.10. The van der Waals surface area contributed by atoms with Crippen molar-refractivity contribution in [3.05, 3.63) is 118 Å². The summed E-state index contributed by atoms with van der Waals surface area (Å²) in [5, 5.41) is 1.10. The number of nitrogens with one attached hydrogen (secondary N) is 1. The summed E-state index contributed by atoms with van der Waals surface area (Å²) in [7, 11) is 0. The van der Waals surface area contributed by atoms with Gasteiger partial charge in [0.1, 0.15) is 0 Å². The number of benzene rings is 3. The minimum atomic E-state index is -4.61. The number of rotatable bonds is 4. The molecule has 6 heteroatoms. The third-order valence-corrected chi connectivity index (χ3v) is 6.35. The second-order valence-corrected chi connectivity index (χ2v) is 8.84. The Labute approximate surface area is 200 Å². The number of fused-ring (bicyclic) bond motifs is 1. The molecule has 5 aromatic rings. The van der Waals surface area contributed by atoms with Gasteiger partial charge < -0.3 is 9.55 Å². The number of H-pyrrole nitrogens is 1. The van der Waals surface area contributed by atoms with E-state index in [2.05, 4.69) is 4.98 Å². The molecule has 0 amide bonds. The standard InChI is InChI=1S/C29H23F3N2O/c1-18-3-4-24(19(2)13-18)17-34-27(15-25(16-28(34)35)29(30,31)32)22-8-5-20(6-9-22)23-10-7-21-11-12-33-26(21)14-23/h3-16,33H,17H2,1-2H3. The molecule has 0 bridgehead atoms. The van der Waals surface area contributed by atoms with Crippen molar-refractivity contribution < 1.29 is 13.2 Å². The van der Waals surface area contributed by atoms with Gasteiger partial charge >= 0.3 is 6.18 Å². The Kier molecular flexibility index (Phi) is 5.59. The Hall–Kier alpha value is -4.06. The Bertz CT molecular complexity index is 1590. The molecule has 5 rings (SSSR count). The fraction of sp³-hybridized carbons (Fsp3) is 0.138. The van der Waals surface area contributed by atoms with E-state index >= 15 is 0 Å². The number of alkyl halides is 3. The average molecular weight is 473 g/mol. The third kappa shape index (κ3) is 4.52. The van der Waals surface area contributed by atoms with Gasteiger partial charge in [-0.25, -0.2) is 0 Å². The molecular formula is C29H23F3N2O. The summed E-state index contributed by atoms with van der Waals surface area (Å²) in [6.07, 6.45) is -2.74. The van der Waals surface area contributed by atoms with Gasteiger partial charge in [-0.05, 0) is 65.3 Å². The molecule has 0 saturated carbocycles. The molecule has 3 aromatic carbocycles. The van der Waals surface area contributed by atoms with Crippen molar-refractivity contribution in [3.63, 3.8) is 0 Å². The Morgan fingerprint density at radius 1 is 0.800 bits per heavy atom. The van der Waals surface area contributed by atoms with Crippen LogP contribution < -0.4 is 5.56 Å². The summed E-state index contributed by atoms with van der Waals surface area (Å²) in [5.74, 6) is 0. The molecule has 2 heterocycles. The highest BCUT2D eigenvalue weighted by Gasteiger charge is 2.32. The highest BCUT2D eigenvalue weighted by Crippen LogP contribution is 2.33. The quantitative estimate of drug-likeness (QED) is 0.292. The second kappa shape index (κ2) is 8.62. The molecule has 35 heavy (non-hydrogen) atoms. The number of pyridine rings is 1. The lowest BCUT2D eigenvalue weighted by molar-refractivity contribution is -0.137. The fourth-order valence-corrected chi connectivity index (χ4v) is 4.42. The molecule has 0 atom stereocenters. The van der Waals surface area contributed by atoms with E-state index in [1.807, 2.05) is 74.6 Å². The van der Waals surface area contributed by atoms with Crippen molar-refractivity contribution in [2.45, 2.75) is 26.6 Å². The summed E-state index contributed by atoms with van der Waals surface area (Å²) in [4.78, 5) is 16.1. The van der Waals surface area contributed by atoms with Crippen LogP contribution >= 0.6 is 0 Å². The molecule has 1 N–H and O–H groups in total. The molecular weight excluding hydrogens is 449 g/mol. The van der Waals surface area contributed by atoms with Crippen molar-refractivity contribution >= 4 is 10.9 Å². The molecule has 0 saturated heterocycles. The first-order valence-corrected chi connectivity index (χ1v) is 11.3. The molecule has 176 valence electrons. The third-order valence-electron chi connectivity index (χ3n) is 6.35. The molecule has 3 nitrogen and oxygen atoms in total. The van der Waals surface area contributed by atoms with Crippen LogP contribution in [0, 0.1) is 13.8 Å². The molecule has 0 aliphatic heterocycles. The van der Waals surface area contributed by atoms with E-state index in [4.69, 9.17) is 0 Å². The minimum absolute atomic E-state index is 0.184.